The van der Waals surface area contributed by atoms with E-state index in [1.165, 1.54) is 44.9 Å². The normalized spacial score (nSPS) is 12.7. The maximum absolute atomic E-state index is 11.3. The summed E-state index contributed by atoms with van der Waals surface area (Å²) in [6.07, 6.45) is 17.2. The van der Waals surface area contributed by atoms with Gasteiger partial charge in [-0.15, -0.1) is 0 Å². The average Bonchev–Trinajstić information content (AvgIpc) is 2.56. The second kappa shape index (κ2) is 17.5. The zero-order chi connectivity index (χ0) is 17.2. The molecule has 1 atom stereocenters. The highest BCUT2D eigenvalue weighted by molar-refractivity contribution is 5.69. The molecule has 0 aromatic rings. The van der Waals surface area contributed by atoms with E-state index in [1.54, 1.807) is 0 Å². The molecule has 0 fully saturated rings. The van der Waals surface area contributed by atoms with Gasteiger partial charge in [0.1, 0.15) is 12.7 Å². The number of ether oxygens (including phenoxy) is 1. The molecule has 0 radical (unpaired) electrons. The van der Waals surface area contributed by atoms with Gasteiger partial charge in [0.25, 0.3) is 0 Å². The van der Waals surface area contributed by atoms with Gasteiger partial charge in [0.15, 0.2) is 0 Å². The van der Waals surface area contributed by atoms with Crippen molar-refractivity contribution in [2.24, 2.45) is 0 Å². The van der Waals surface area contributed by atoms with Gasteiger partial charge < -0.3 is 14.9 Å². The molecule has 0 rings (SSSR count). The molecule has 0 aromatic carbocycles. The molecule has 4 heteroatoms. The average molecular weight is 328 g/mol. The third kappa shape index (κ3) is 17.3. The number of allylic oxidation sites excluding steroid dienone is 2. The predicted octanol–water partition coefficient (Wildman–Crippen LogP) is 4.14. The highest BCUT2D eigenvalue weighted by Gasteiger charge is 2.07. The summed E-state index contributed by atoms with van der Waals surface area (Å²) in [5.41, 5.74) is 0. The first-order chi connectivity index (χ1) is 11.2. The first-order valence-corrected chi connectivity index (χ1v) is 9.30. The largest absolute Gasteiger partial charge is 0.463 e. The lowest BCUT2D eigenvalue weighted by molar-refractivity contribution is -0.147. The van der Waals surface area contributed by atoms with Crippen LogP contribution in [0.2, 0.25) is 0 Å². The molecule has 23 heavy (non-hydrogen) atoms. The maximum atomic E-state index is 11.3. The number of carbonyl (C=O) groups is 1. The molecule has 0 amide bonds. The Kier molecular flexibility index (Phi) is 16.8. The van der Waals surface area contributed by atoms with Gasteiger partial charge >= 0.3 is 5.97 Å². The van der Waals surface area contributed by atoms with Crippen LogP contribution in [-0.4, -0.2) is 35.5 Å². The molecule has 0 aliphatic heterocycles. The highest BCUT2D eigenvalue weighted by atomic mass is 16.5. The van der Waals surface area contributed by atoms with Crippen molar-refractivity contribution in [3.63, 3.8) is 0 Å². The highest BCUT2D eigenvalue weighted by Crippen LogP contribution is 2.09. The summed E-state index contributed by atoms with van der Waals surface area (Å²) in [6, 6.07) is 0. The Balaban J connectivity index is 3.25. The molecule has 136 valence electrons. The summed E-state index contributed by atoms with van der Waals surface area (Å²) in [6.45, 7) is 1.75. The van der Waals surface area contributed by atoms with Gasteiger partial charge in [-0.3, -0.25) is 4.79 Å². The molecule has 0 heterocycles. The van der Waals surface area contributed by atoms with Gasteiger partial charge in [0.2, 0.25) is 0 Å². The van der Waals surface area contributed by atoms with Crippen molar-refractivity contribution in [3.05, 3.63) is 12.2 Å². The zero-order valence-electron chi connectivity index (χ0n) is 14.8. The summed E-state index contributed by atoms with van der Waals surface area (Å²) in [5.74, 6) is -0.295. The molecule has 0 unspecified atom stereocenters. The van der Waals surface area contributed by atoms with Gasteiger partial charge in [-0.1, -0.05) is 57.6 Å². The fraction of sp³-hybridized carbons (Fsp3) is 0.842. The van der Waals surface area contributed by atoms with E-state index >= 15 is 0 Å². The minimum Gasteiger partial charge on any atom is -0.463 e. The van der Waals surface area contributed by atoms with Crippen molar-refractivity contribution in [1.82, 2.24) is 0 Å². The second-order valence-corrected chi connectivity index (χ2v) is 6.15. The molecule has 0 saturated carbocycles. The predicted molar refractivity (Wildman–Crippen MR) is 94.3 cm³/mol. The lowest BCUT2D eigenvalue weighted by atomic mass is 10.1. The fourth-order valence-electron chi connectivity index (χ4n) is 2.30. The Bertz CT molecular complexity index is 289. The number of aliphatic hydroxyl groups is 2. The van der Waals surface area contributed by atoms with Gasteiger partial charge in [0.05, 0.1) is 6.61 Å². The van der Waals surface area contributed by atoms with E-state index in [4.69, 9.17) is 14.9 Å². The topological polar surface area (TPSA) is 66.8 Å². The molecular weight excluding hydrogens is 292 g/mol. The monoisotopic (exact) mass is 328 g/mol. The molecule has 0 spiro atoms. The van der Waals surface area contributed by atoms with Gasteiger partial charge in [-0.25, -0.2) is 0 Å². The van der Waals surface area contributed by atoms with Crippen molar-refractivity contribution in [2.75, 3.05) is 13.2 Å². The fourth-order valence-corrected chi connectivity index (χ4v) is 2.30. The van der Waals surface area contributed by atoms with Crippen molar-refractivity contribution in [1.29, 1.82) is 0 Å². The molecule has 0 aromatic heterocycles. The van der Waals surface area contributed by atoms with Crippen LogP contribution in [0.1, 0.15) is 84.0 Å². The number of esters is 1. The Labute approximate surface area is 141 Å². The third-order valence-electron chi connectivity index (χ3n) is 3.79. The minimum absolute atomic E-state index is 0.115. The number of hydrogen-bond acceptors (Lipinski definition) is 4. The van der Waals surface area contributed by atoms with Gasteiger partial charge in [0, 0.05) is 6.42 Å². The summed E-state index contributed by atoms with van der Waals surface area (Å²) in [5, 5.41) is 17.7. The van der Waals surface area contributed by atoms with Crippen LogP contribution in [0.5, 0.6) is 0 Å². The zero-order valence-corrected chi connectivity index (χ0v) is 14.8. The van der Waals surface area contributed by atoms with Crippen LogP contribution >= 0.6 is 0 Å². The quantitative estimate of drug-likeness (QED) is 0.254. The minimum atomic E-state index is -0.962. The Morgan fingerprint density at radius 1 is 0.957 bits per heavy atom. The summed E-state index contributed by atoms with van der Waals surface area (Å²) in [4.78, 5) is 11.3. The molecule has 0 aliphatic carbocycles. The van der Waals surface area contributed by atoms with Crippen molar-refractivity contribution < 1.29 is 19.7 Å². The lowest BCUT2D eigenvalue weighted by Gasteiger charge is -2.08. The maximum Gasteiger partial charge on any atom is 0.305 e. The van der Waals surface area contributed by atoms with E-state index in [0.29, 0.717) is 6.42 Å². The van der Waals surface area contributed by atoms with Crippen LogP contribution in [0.25, 0.3) is 0 Å². The summed E-state index contributed by atoms with van der Waals surface area (Å²) < 4.78 is 4.84. The standard InChI is InChI=1S/C19H36O4/c1-2-3-4-5-6-7-8-9-10-11-12-13-14-15-19(22)23-17-18(21)16-20/h9-10,18,20-21H,2-8,11-17H2,1H3/b10-9-/t18-/m1/s1. The van der Waals surface area contributed by atoms with E-state index < -0.39 is 6.10 Å². The van der Waals surface area contributed by atoms with Crippen molar-refractivity contribution in [3.8, 4) is 0 Å². The summed E-state index contributed by atoms with van der Waals surface area (Å²) >= 11 is 0. The van der Waals surface area contributed by atoms with Gasteiger partial charge in [-0.05, 0) is 32.1 Å². The molecule has 4 nitrogen and oxygen atoms in total. The Morgan fingerprint density at radius 3 is 2.13 bits per heavy atom. The first kappa shape index (κ1) is 22.1. The Hall–Kier alpha value is -0.870. The number of hydrogen-bond donors (Lipinski definition) is 2. The van der Waals surface area contributed by atoms with Crippen LogP contribution < -0.4 is 0 Å². The van der Waals surface area contributed by atoms with Crippen molar-refractivity contribution >= 4 is 5.97 Å². The van der Waals surface area contributed by atoms with E-state index in [9.17, 15) is 4.79 Å². The first-order valence-electron chi connectivity index (χ1n) is 9.30. The lowest BCUT2D eigenvalue weighted by Crippen LogP contribution is -2.21. The number of unbranched alkanes of at least 4 members (excludes halogenated alkanes) is 9. The molecule has 0 saturated heterocycles. The molecular formula is C19H36O4. The number of carbonyl (C=O) groups excluding carboxylic acids is 1. The summed E-state index contributed by atoms with van der Waals surface area (Å²) in [7, 11) is 0. The van der Waals surface area contributed by atoms with E-state index in [2.05, 4.69) is 19.1 Å². The van der Waals surface area contributed by atoms with Crippen LogP contribution in [0.15, 0.2) is 12.2 Å². The van der Waals surface area contributed by atoms with Crippen LogP contribution in [-0.2, 0) is 9.53 Å². The molecule has 2 N–H and O–H groups in total. The van der Waals surface area contributed by atoms with Gasteiger partial charge in [-0.2, -0.15) is 0 Å². The third-order valence-corrected chi connectivity index (χ3v) is 3.79. The van der Waals surface area contributed by atoms with E-state index in [-0.39, 0.29) is 19.2 Å². The molecule has 0 bridgehead atoms. The molecule has 0 aliphatic rings. The second-order valence-electron chi connectivity index (χ2n) is 6.15. The van der Waals surface area contributed by atoms with Crippen LogP contribution in [0, 0.1) is 0 Å². The van der Waals surface area contributed by atoms with E-state index in [0.717, 1.165) is 25.7 Å². The smallest absolute Gasteiger partial charge is 0.305 e. The van der Waals surface area contributed by atoms with Crippen LogP contribution in [0.4, 0.5) is 0 Å². The van der Waals surface area contributed by atoms with Crippen molar-refractivity contribution in [2.45, 2.75) is 90.1 Å². The number of rotatable bonds is 16. The Morgan fingerprint density at radius 2 is 1.52 bits per heavy atom. The van der Waals surface area contributed by atoms with E-state index in [1.807, 2.05) is 0 Å². The van der Waals surface area contributed by atoms with Crippen LogP contribution in [0.3, 0.4) is 0 Å². The number of aliphatic hydroxyl groups excluding tert-OH is 2. The SMILES string of the molecule is CCCCCCCC/C=C\CCCCCC(=O)OC[C@H](O)CO.